The van der Waals surface area contributed by atoms with Gasteiger partial charge in [0, 0.05) is 30.4 Å². The second-order valence-corrected chi connectivity index (χ2v) is 7.75. The molecule has 0 bridgehead atoms. The molecule has 1 heterocycles. The van der Waals surface area contributed by atoms with Crippen LogP contribution in [0.3, 0.4) is 0 Å². The van der Waals surface area contributed by atoms with Gasteiger partial charge >= 0.3 is 0 Å². The van der Waals surface area contributed by atoms with Crippen molar-refractivity contribution in [1.29, 1.82) is 0 Å². The van der Waals surface area contributed by atoms with E-state index in [0.717, 1.165) is 22.4 Å². The van der Waals surface area contributed by atoms with Crippen molar-refractivity contribution in [1.82, 2.24) is 15.1 Å². The van der Waals surface area contributed by atoms with E-state index in [2.05, 4.69) is 10.4 Å². The van der Waals surface area contributed by atoms with Crippen LogP contribution in [0, 0.1) is 20.8 Å². The second-order valence-electron chi connectivity index (χ2n) is 6.92. The lowest BCUT2D eigenvalue weighted by molar-refractivity contribution is 0.0951. The van der Waals surface area contributed by atoms with E-state index < -0.39 is 11.3 Å². The lowest BCUT2D eigenvalue weighted by Gasteiger charge is -2.23. The topological polar surface area (TPSA) is 87.5 Å². The molecule has 2 aromatic carbocycles. The molecule has 0 aliphatic rings. The second kappa shape index (κ2) is 8.59. The quantitative estimate of drug-likeness (QED) is 0.606. The predicted octanol–water partition coefficient (Wildman–Crippen LogP) is 3.55. The first kappa shape index (κ1) is 20.8. The monoisotopic (exact) mass is 412 g/mol. The fourth-order valence-electron chi connectivity index (χ4n) is 2.96. The summed E-state index contributed by atoms with van der Waals surface area (Å²) in [5.41, 5.74) is 5.24. The molecule has 0 saturated carbocycles. The molecule has 1 aromatic heterocycles. The number of aryl methyl sites for hydroxylation is 3. The summed E-state index contributed by atoms with van der Waals surface area (Å²) < 4.78 is 25.1. The van der Waals surface area contributed by atoms with Crippen LogP contribution in [-0.2, 0) is 24.9 Å². The third-order valence-electron chi connectivity index (χ3n) is 4.89. The highest BCUT2D eigenvalue weighted by molar-refractivity contribution is 7.81. The van der Waals surface area contributed by atoms with Gasteiger partial charge in [0.05, 0.1) is 17.6 Å². The van der Waals surface area contributed by atoms with Gasteiger partial charge in [0.1, 0.15) is 0 Å². The Labute approximate surface area is 172 Å². The van der Waals surface area contributed by atoms with Crippen molar-refractivity contribution in [2.45, 2.75) is 27.3 Å². The van der Waals surface area contributed by atoms with Gasteiger partial charge in [-0.15, -0.1) is 0 Å². The number of carbonyl (C=O) groups excluding carboxylic acids is 1. The fraction of sp³-hybridized carbons (Fsp3) is 0.238. The van der Waals surface area contributed by atoms with Crippen molar-refractivity contribution >= 4 is 28.5 Å². The Balaban J connectivity index is 1.87. The van der Waals surface area contributed by atoms with E-state index >= 15 is 0 Å². The highest BCUT2D eigenvalue weighted by Gasteiger charge is 2.19. The van der Waals surface area contributed by atoms with E-state index in [1.807, 2.05) is 40.0 Å². The van der Waals surface area contributed by atoms with E-state index in [-0.39, 0.29) is 5.91 Å². The number of hydrogen-bond acceptors (Lipinski definition) is 3. The number of carbonyl (C=O) groups is 1. The standard InChI is InChI=1S/C21H24N4O3S/c1-14-5-9-19(10-6-14)25(29(27)28)20-11-17(8-7-15(20)2)21(26)22-12-18-13-23-24(4)16(18)3/h5-11,13H,12H2,1-4H3,(H,22,26)(H,27,28). The van der Waals surface area contributed by atoms with Crippen molar-refractivity contribution in [3.05, 3.63) is 76.6 Å². The minimum absolute atomic E-state index is 0.262. The molecule has 7 nitrogen and oxygen atoms in total. The molecule has 0 aliphatic heterocycles. The number of anilines is 2. The molecule has 2 N–H and O–H groups in total. The molecule has 0 aliphatic carbocycles. The third-order valence-corrected chi connectivity index (χ3v) is 5.61. The molecule has 0 spiro atoms. The Kier molecular flexibility index (Phi) is 6.14. The molecule has 1 amide bonds. The first-order valence-electron chi connectivity index (χ1n) is 9.12. The molecule has 8 heteroatoms. The smallest absolute Gasteiger partial charge is 0.266 e. The Morgan fingerprint density at radius 3 is 2.45 bits per heavy atom. The Hall–Kier alpha value is -2.97. The lowest BCUT2D eigenvalue weighted by atomic mass is 10.1. The average Bonchev–Trinajstić information content (AvgIpc) is 3.01. The van der Waals surface area contributed by atoms with E-state index in [9.17, 15) is 13.6 Å². The van der Waals surface area contributed by atoms with Gasteiger partial charge in [0.25, 0.3) is 17.2 Å². The van der Waals surface area contributed by atoms with Gasteiger partial charge in [-0.25, -0.2) is 8.51 Å². The Morgan fingerprint density at radius 2 is 1.86 bits per heavy atom. The zero-order chi connectivity index (χ0) is 21.1. The third kappa shape index (κ3) is 4.55. The summed E-state index contributed by atoms with van der Waals surface area (Å²) >= 11 is -2.29. The van der Waals surface area contributed by atoms with Crippen molar-refractivity contribution in [3.8, 4) is 0 Å². The van der Waals surface area contributed by atoms with E-state index in [4.69, 9.17) is 0 Å². The summed E-state index contributed by atoms with van der Waals surface area (Å²) in [5, 5.41) is 7.05. The SMILES string of the molecule is Cc1ccc(N(c2cc(C(=O)NCc3cnn(C)c3C)ccc2C)S(=O)O)cc1. The van der Waals surface area contributed by atoms with E-state index in [1.165, 1.54) is 4.31 Å². The minimum atomic E-state index is -2.29. The normalized spacial score (nSPS) is 11.9. The van der Waals surface area contributed by atoms with Crippen LogP contribution in [0.4, 0.5) is 11.4 Å². The molecule has 3 rings (SSSR count). The number of nitrogens with one attached hydrogen (secondary N) is 1. The summed E-state index contributed by atoms with van der Waals surface area (Å²) in [6.45, 7) is 6.08. The number of rotatable bonds is 6. The largest absolute Gasteiger partial charge is 0.348 e. The molecular formula is C21H24N4O3S. The van der Waals surface area contributed by atoms with Crippen LogP contribution in [0.25, 0.3) is 0 Å². The van der Waals surface area contributed by atoms with Crippen LogP contribution in [0.15, 0.2) is 48.7 Å². The zero-order valence-corrected chi connectivity index (χ0v) is 17.7. The van der Waals surface area contributed by atoms with Crippen LogP contribution < -0.4 is 9.62 Å². The number of benzene rings is 2. The summed E-state index contributed by atoms with van der Waals surface area (Å²) in [4.78, 5) is 12.7. The minimum Gasteiger partial charge on any atom is -0.348 e. The van der Waals surface area contributed by atoms with E-state index in [0.29, 0.717) is 23.5 Å². The van der Waals surface area contributed by atoms with Crippen molar-refractivity contribution in [2.75, 3.05) is 4.31 Å². The van der Waals surface area contributed by atoms with Crippen LogP contribution in [0.2, 0.25) is 0 Å². The number of hydrogen-bond donors (Lipinski definition) is 2. The first-order valence-corrected chi connectivity index (χ1v) is 10.2. The van der Waals surface area contributed by atoms with Crippen LogP contribution in [0.1, 0.15) is 32.7 Å². The molecule has 0 radical (unpaired) electrons. The average molecular weight is 413 g/mol. The van der Waals surface area contributed by atoms with Crippen molar-refractivity contribution in [2.24, 2.45) is 7.05 Å². The molecular weight excluding hydrogens is 388 g/mol. The van der Waals surface area contributed by atoms with Gasteiger partial charge < -0.3 is 5.32 Å². The maximum Gasteiger partial charge on any atom is 0.266 e. The van der Waals surface area contributed by atoms with Gasteiger partial charge in [-0.3, -0.25) is 14.0 Å². The van der Waals surface area contributed by atoms with E-state index in [1.54, 1.807) is 41.2 Å². The Bertz CT molecular complexity index is 1060. The maximum atomic E-state index is 12.7. The molecule has 0 saturated heterocycles. The Morgan fingerprint density at radius 1 is 1.17 bits per heavy atom. The first-order chi connectivity index (χ1) is 13.8. The molecule has 3 aromatic rings. The molecule has 1 atom stereocenters. The predicted molar refractivity (Wildman–Crippen MR) is 114 cm³/mol. The summed E-state index contributed by atoms with van der Waals surface area (Å²) in [6.07, 6.45) is 1.73. The fourth-order valence-corrected chi connectivity index (χ4v) is 3.63. The van der Waals surface area contributed by atoms with Gasteiger partial charge in [-0.05, 0) is 50.6 Å². The molecule has 152 valence electrons. The van der Waals surface area contributed by atoms with Gasteiger partial charge in [-0.2, -0.15) is 5.10 Å². The van der Waals surface area contributed by atoms with Crippen LogP contribution in [-0.4, -0.2) is 24.4 Å². The summed E-state index contributed by atoms with van der Waals surface area (Å²) in [6, 6.07) is 12.4. The summed E-state index contributed by atoms with van der Waals surface area (Å²) in [7, 11) is 1.85. The van der Waals surface area contributed by atoms with Gasteiger partial charge in [0.2, 0.25) is 0 Å². The number of nitrogens with zero attached hydrogens (tertiary/aromatic N) is 3. The van der Waals surface area contributed by atoms with Gasteiger partial charge in [-0.1, -0.05) is 23.8 Å². The molecule has 1 unspecified atom stereocenters. The number of aromatic nitrogens is 2. The van der Waals surface area contributed by atoms with Crippen LogP contribution in [0.5, 0.6) is 0 Å². The van der Waals surface area contributed by atoms with Gasteiger partial charge in [0.15, 0.2) is 0 Å². The number of amides is 1. The zero-order valence-electron chi connectivity index (χ0n) is 16.8. The molecule has 29 heavy (non-hydrogen) atoms. The highest BCUT2D eigenvalue weighted by Crippen LogP contribution is 2.31. The van der Waals surface area contributed by atoms with Crippen LogP contribution >= 0.6 is 0 Å². The lowest BCUT2D eigenvalue weighted by Crippen LogP contribution is -2.24. The van der Waals surface area contributed by atoms with Crippen molar-refractivity contribution in [3.63, 3.8) is 0 Å². The maximum absolute atomic E-state index is 12.7. The highest BCUT2D eigenvalue weighted by atomic mass is 32.2. The summed E-state index contributed by atoms with van der Waals surface area (Å²) in [5.74, 6) is -0.262. The molecule has 0 fully saturated rings. The van der Waals surface area contributed by atoms with Crippen molar-refractivity contribution < 1.29 is 13.6 Å².